The third-order valence-corrected chi connectivity index (χ3v) is 2.31. The monoisotopic (exact) mass is 215 g/mol. The lowest BCUT2D eigenvalue weighted by Gasteiger charge is -2.07. The quantitative estimate of drug-likeness (QED) is 0.788. The predicted octanol–water partition coefficient (Wildman–Crippen LogP) is 1.47. The minimum atomic E-state index is -0.617. The Bertz CT molecular complexity index is 563. The minimum Gasteiger partial charge on any atom is -0.428 e. The Hall–Kier alpha value is -2.36. The molecule has 0 aromatic heterocycles. The summed E-state index contributed by atoms with van der Waals surface area (Å²) in [6.07, 6.45) is 0. The van der Waals surface area contributed by atoms with Crippen LogP contribution in [0.1, 0.15) is 10.4 Å². The molecule has 4 nitrogen and oxygen atoms in total. The van der Waals surface area contributed by atoms with E-state index < -0.39 is 5.91 Å². The van der Waals surface area contributed by atoms with Gasteiger partial charge >= 0.3 is 0 Å². The summed E-state index contributed by atoms with van der Waals surface area (Å²) >= 11 is 0. The van der Waals surface area contributed by atoms with Crippen LogP contribution in [0.2, 0.25) is 0 Å². The topological polar surface area (TPSA) is 69.4 Å². The van der Waals surface area contributed by atoms with E-state index in [2.05, 4.69) is 0 Å². The lowest BCUT2D eigenvalue weighted by molar-refractivity contribution is -0.120. The zero-order valence-electron chi connectivity index (χ0n) is 8.34. The van der Waals surface area contributed by atoms with Gasteiger partial charge in [-0.05, 0) is 16.8 Å². The first-order chi connectivity index (χ1) is 7.74. The van der Waals surface area contributed by atoms with Gasteiger partial charge in [-0.15, -0.1) is 0 Å². The maximum Gasteiger partial charge on any atom is 0.298 e. The first-order valence-electron chi connectivity index (χ1n) is 4.66. The number of hydrogen-bond donors (Lipinski definition) is 1. The molecule has 2 aromatic carbocycles. The number of hydrogen-bond acceptors (Lipinski definition) is 3. The van der Waals surface area contributed by atoms with Crippen LogP contribution >= 0.6 is 0 Å². The van der Waals surface area contributed by atoms with Crippen LogP contribution < -0.4 is 10.5 Å². The summed E-state index contributed by atoms with van der Waals surface area (Å²) in [5.41, 5.74) is 5.50. The van der Waals surface area contributed by atoms with E-state index in [-0.39, 0.29) is 17.8 Å². The van der Waals surface area contributed by atoms with Gasteiger partial charge in [0.15, 0.2) is 0 Å². The Balaban J connectivity index is 2.78. The summed E-state index contributed by atoms with van der Waals surface area (Å²) in [5, 5.41) is 1.55. The number of fused-ring (bicyclic) bond motifs is 1. The first-order valence-corrected chi connectivity index (χ1v) is 4.66. The second kappa shape index (κ2) is 4.02. The van der Waals surface area contributed by atoms with Crippen LogP contribution in [0.3, 0.4) is 0 Å². The van der Waals surface area contributed by atoms with E-state index in [1.807, 2.05) is 12.1 Å². The molecule has 0 atom stereocenters. The molecule has 0 radical (unpaired) electrons. The Kier molecular flexibility index (Phi) is 2.55. The average molecular weight is 215 g/mol. The van der Waals surface area contributed by atoms with Crippen molar-refractivity contribution in [1.82, 2.24) is 0 Å². The molecular weight excluding hydrogens is 206 g/mol. The van der Waals surface area contributed by atoms with Gasteiger partial charge in [-0.3, -0.25) is 9.59 Å². The smallest absolute Gasteiger partial charge is 0.298 e. The van der Waals surface area contributed by atoms with E-state index in [1.165, 1.54) is 0 Å². The number of benzene rings is 2. The van der Waals surface area contributed by atoms with Crippen LogP contribution in [-0.2, 0) is 4.79 Å². The highest BCUT2D eigenvalue weighted by atomic mass is 16.5. The molecule has 0 saturated carbocycles. The highest BCUT2D eigenvalue weighted by molar-refractivity contribution is 6.09. The van der Waals surface area contributed by atoms with Crippen LogP contribution in [0.5, 0.6) is 5.75 Å². The summed E-state index contributed by atoms with van der Waals surface area (Å²) in [6, 6.07) is 10.6. The lowest BCUT2D eigenvalue weighted by Crippen LogP contribution is -2.13. The zero-order valence-corrected chi connectivity index (χ0v) is 8.34. The molecule has 0 aliphatic carbocycles. The van der Waals surface area contributed by atoms with Gasteiger partial charge in [-0.25, -0.2) is 0 Å². The molecule has 0 aliphatic rings. The van der Waals surface area contributed by atoms with E-state index in [1.54, 1.807) is 24.3 Å². The van der Waals surface area contributed by atoms with Crippen molar-refractivity contribution in [1.29, 1.82) is 0 Å². The lowest BCUT2D eigenvalue weighted by atomic mass is 10.0. The second-order valence-electron chi connectivity index (χ2n) is 3.24. The molecule has 16 heavy (non-hydrogen) atoms. The average Bonchev–Trinajstić information content (AvgIpc) is 2.28. The summed E-state index contributed by atoms with van der Waals surface area (Å²) in [4.78, 5) is 21.6. The summed E-state index contributed by atoms with van der Waals surface area (Å²) in [5.74, 6) is -0.435. The highest BCUT2D eigenvalue weighted by Gasteiger charge is 2.13. The predicted molar refractivity (Wildman–Crippen MR) is 59.2 cm³/mol. The molecule has 0 spiro atoms. The first kappa shape index (κ1) is 10.2. The second-order valence-corrected chi connectivity index (χ2v) is 3.24. The zero-order chi connectivity index (χ0) is 11.5. The fourth-order valence-electron chi connectivity index (χ4n) is 1.66. The fraction of sp³-hybridized carbons (Fsp3) is 0. The molecule has 2 rings (SSSR count). The molecule has 0 unspecified atom stereocenters. The molecule has 2 aromatic rings. The number of ether oxygens (including phenoxy) is 1. The van der Waals surface area contributed by atoms with Crippen molar-refractivity contribution in [2.75, 3.05) is 0 Å². The fourth-order valence-corrected chi connectivity index (χ4v) is 1.66. The molecular formula is C12H9NO3. The summed E-state index contributed by atoms with van der Waals surface area (Å²) in [7, 11) is 0. The van der Waals surface area contributed by atoms with Gasteiger partial charge in [0.05, 0.1) is 5.56 Å². The number of nitrogens with two attached hydrogens (primary N) is 1. The highest BCUT2D eigenvalue weighted by Crippen LogP contribution is 2.27. The number of carbonyl (C=O) groups is 2. The van der Waals surface area contributed by atoms with Gasteiger partial charge < -0.3 is 10.5 Å². The Morgan fingerprint density at radius 2 is 1.94 bits per heavy atom. The van der Waals surface area contributed by atoms with Crippen LogP contribution in [0.4, 0.5) is 0 Å². The third kappa shape index (κ3) is 1.61. The van der Waals surface area contributed by atoms with Gasteiger partial charge in [0.1, 0.15) is 5.75 Å². The van der Waals surface area contributed by atoms with Crippen molar-refractivity contribution in [3.8, 4) is 5.75 Å². The van der Waals surface area contributed by atoms with Gasteiger partial charge in [0.2, 0.25) is 0 Å². The van der Waals surface area contributed by atoms with E-state index in [0.29, 0.717) is 5.39 Å². The molecule has 0 heterocycles. The largest absolute Gasteiger partial charge is 0.428 e. The van der Waals surface area contributed by atoms with Crippen LogP contribution in [-0.4, -0.2) is 12.4 Å². The third-order valence-electron chi connectivity index (χ3n) is 2.31. The SMILES string of the molecule is NC(=O)c1c(OC=O)ccc2ccccc12. The molecule has 0 fully saturated rings. The van der Waals surface area contributed by atoms with Crippen molar-refractivity contribution in [2.24, 2.45) is 5.73 Å². The van der Waals surface area contributed by atoms with Gasteiger partial charge in [0.25, 0.3) is 12.4 Å². The molecule has 1 amide bonds. The summed E-state index contributed by atoms with van der Waals surface area (Å²) < 4.78 is 4.73. The van der Waals surface area contributed by atoms with Crippen molar-refractivity contribution >= 4 is 23.2 Å². The molecule has 0 aliphatic heterocycles. The minimum absolute atomic E-state index is 0.182. The van der Waals surface area contributed by atoms with Crippen LogP contribution in [0.15, 0.2) is 36.4 Å². The molecule has 0 bridgehead atoms. The number of rotatable bonds is 3. The van der Waals surface area contributed by atoms with Crippen molar-refractivity contribution < 1.29 is 14.3 Å². The standard InChI is InChI=1S/C12H9NO3/c13-12(15)11-9-4-2-1-3-8(9)5-6-10(11)16-7-14/h1-7H,(H2,13,15). The van der Waals surface area contributed by atoms with Crippen molar-refractivity contribution in [3.05, 3.63) is 42.0 Å². The maximum absolute atomic E-state index is 11.3. The van der Waals surface area contributed by atoms with E-state index in [4.69, 9.17) is 10.5 Å². The Morgan fingerprint density at radius 1 is 1.19 bits per heavy atom. The summed E-state index contributed by atoms with van der Waals surface area (Å²) in [6.45, 7) is 0.274. The normalized spacial score (nSPS) is 10.0. The van der Waals surface area contributed by atoms with Gasteiger partial charge in [-0.1, -0.05) is 30.3 Å². The van der Waals surface area contributed by atoms with Crippen molar-refractivity contribution in [3.63, 3.8) is 0 Å². The molecule has 80 valence electrons. The maximum atomic E-state index is 11.3. The van der Waals surface area contributed by atoms with Crippen molar-refractivity contribution in [2.45, 2.75) is 0 Å². The number of primary amides is 1. The van der Waals surface area contributed by atoms with Crippen LogP contribution in [0, 0.1) is 0 Å². The molecule has 4 heteroatoms. The van der Waals surface area contributed by atoms with Gasteiger partial charge in [0, 0.05) is 0 Å². The molecule has 0 saturated heterocycles. The van der Waals surface area contributed by atoms with Crippen LogP contribution in [0.25, 0.3) is 10.8 Å². The Morgan fingerprint density at radius 3 is 2.62 bits per heavy atom. The molecule has 2 N–H and O–H groups in total. The van der Waals surface area contributed by atoms with E-state index in [0.717, 1.165) is 5.39 Å². The number of amides is 1. The van der Waals surface area contributed by atoms with E-state index >= 15 is 0 Å². The van der Waals surface area contributed by atoms with Gasteiger partial charge in [-0.2, -0.15) is 0 Å². The number of carbonyl (C=O) groups excluding carboxylic acids is 2. The Labute approximate surface area is 91.6 Å². The van der Waals surface area contributed by atoms with E-state index in [9.17, 15) is 9.59 Å².